The molecule has 0 fully saturated rings. The van der Waals surface area contributed by atoms with E-state index in [1.807, 2.05) is 62.3 Å². The summed E-state index contributed by atoms with van der Waals surface area (Å²) in [6, 6.07) is 7.89. The topological polar surface area (TPSA) is 107 Å². The Kier molecular flexibility index (Phi) is 6.79. The Hall–Kier alpha value is -3.69. The predicted molar refractivity (Wildman–Crippen MR) is 121 cm³/mol. The van der Waals surface area contributed by atoms with Crippen molar-refractivity contribution < 1.29 is 0 Å². The largest absolute Gasteiger partial charge is 0.376 e. The molecule has 30 heavy (non-hydrogen) atoms. The lowest BCUT2D eigenvalue weighted by molar-refractivity contribution is 0.938. The first-order valence-electron chi connectivity index (χ1n) is 9.62. The van der Waals surface area contributed by atoms with Crippen molar-refractivity contribution >= 4 is 29.2 Å². The summed E-state index contributed by atoms with van der Waals surface area (Å²) in [5.74, 6) is 1.39. The fourth-order valence-electron chi connectivity index (χ4n) is 2.92. The standard InChI is InChI=1S/C20H28N10/c1-21-18-26-19(24-12-14-16(29(2)3)8-6-10-22-14)28-20(27-18)25-13-15-17(30(4)5)9-7-11-23-15/h6-11H,12-13H2,1-5H3,(H3,21,24,25,26,27,28). The second kappa shape index (κ2) is 9.68. The van der Waals surface area contributed by atoms with Gasteiger partial charge in [-0.3, -0.25) is 9.97 Å². The molecule has 3 N–H and O–H groups in total. The van der Waals surface area contributed by atoms with Crippen LogP contribution >= 0.6 is 0 Å². The van der Waals surface area contributed by atoms with E-state index < -0.39 is 0 Å². The average molecular weight is 409 g/mol. The molecule has 0 amide bonds. The molecule has 0 aliphatic carbocycles. The minimum Gasteiger partial charge on any atom is -0.376 e. The fraction of sp³-hybridized carbons (Fsp3) is 0.350. The zero-order chi connectivity index (χ0) is 21.5. The number of anilines is 5. The van der Waals surface area contributed by atoms with E-state index in [-0.39, 0.29) is 0 Å². The smallest absolute Gasteiger partial charge is 0.229 e. The Bertz CT molecular complexity index is 900. The van der Waals surface area contributed by atoms with Crippen LogP contribution in [0.25, 0.3) is 0 Å². The molecule has 158 valence electrons. The maximum absolute atomic E-state index is 4.49. The summed E-state index contributed by atoms with van der Waals surface area (Å²) in [4.78, 5) is 26.3. The lowest BCUT2D eigenvalue weighted by Gasteiger charge is -2.17. The molecular formula is C20H28N10. The third kappa shape index (κ3) is 5.22. The molecule has 3 aromatic heterocycles. The fourth-order valence-corrected chi connectivity index (χ4v) is 2.92. The molecule has 0 saturated heterocycles. The van der Waals surface area contributed by atoms with Crippen LogP contribution in [0, 0.1) is 0 Å². The van der Waals surface area contributed by atoms with Crippen LogP contribution in [-0.2, 0) is 13.1 Å². The quantitative estimate of drug-likeness (QED) is 0.487. The van der Waals surface area contributed by atoms with Gasteiger partial charge in [0, 0.05) is 47.6 Å². The van der Waals surface area contributed by atoms with Gasteiger partial charge in [-0.15, -0.1) is 0 Å². The van der Waals surface area contributed by atoms with Crippen LogP contribution in [0.2, 0.25) is 0 Å². The summed E-state index contributed by atoms with van der Waals surface area (Å²) in [6.07, 6.45) is 3.55. The highest BCUT2D eigenvalue weighted by Gasteiger charge is 2.10. The Morgan fingerprint density at radius 1 is 0.700 bits per heavy atom. The van der Waals surface area contributed by atoms with Gasteiger partial charge in [-0.1, -0.05) is 0 Å². The van der Waals surface area contributed by atoms with Crippen molar-refractivity contribution in [2.24, 2.45) is 0 Å². The van der Waals surface area contributed by atoms with E-state index in [1.165, 1.54) is 0 Å². The molecule has 0 bridgehead atoms. The molecule has 0 radical (unpaired) electrons. The van der Waals surface area contributed by atoms with Crippen LogP contribution in [0.4, 0.5) is 29.2 Å². The first kappa shape index (κ1) is 21.0. The molecular weight excluding hydrogens is 380 g/mol. The van der Waals surface area contributed by atoms with Gasteiger partial charge >= 0.3 is 0 Å². The second-order valence-corrected chi connectivity index (χ2v) is 6.99. The van der Waals surface area contributed by atoms with E-state index in [4.69, 9.17) is 0 Å². The van der Waals surface area contributed by atoms with Gasteiger partial charge in [0.25, 0.3) is 0 Å². The second-order valence-electron chi connectivity index (χ2n) is 6.99. The van der Waals surface area contributed by atoms with Crippen LogP contribution in [0.5, 0.6) is 0 Å². The molecule has 0 saturated carbocycles. The number of aromatic nitrogens is 5. The Morgan fingerprint density at radius 3 is 1.53 bits per heavy atom. The molecule has 3 heterocycles. The van der Waals surface area contributed by atoms with Crippen molar-refractivity contribution in [1.29, 1.82) is 0 Å². The van der Waals surface area contributed by atoms with Crippen molar-refractivity contribution in [3.63, 3.8) is 0 Å². The normalized spacial score (nSPS) is 10.4. The van der Waals surface area contributed by atoms with Gasteiger partial charge in [-0.2, -0.15) is 15.0 Å². The Morgan fingerprint density at radius 2 is 1.13 bits per heavy atom. The highest BCUT2D eigenvalue weighted by atomic mass is 15.3. The first-order valence-corrected chi connectivity index (χ1v) is 9.62. The van der Waals surface area contributed by atoms with Gasteiger partial charge in [0.05, 0.1) is 35.9 Å². The molecule has 0 spiro atoms. The zero-order valence-corrected chi connectivity index (χ0v) is 18.0. The van der Waals surface area contributed by atoms with E-state index in [0.29, 0.717) is 30.9 Å². The summed E-state index contributed by atoms with van der Waals surface area (Å²) in [5.41, 5.74) is 3.90. The molecule has 3 rings (SSSR count). The number of rotatable bonds is 9. The summed E-state index contributed by atoms with van der Waals surface area (Å²) in [5, 5.41) is 9.46. The van der Waals surface area contributed by atoms with Crippen molar-refractivity contribution in [2.45, 2.75) is 13.1 Å². The van der Waals surface area contributed by atoms with Crippen molar-refractivity contribution in [3.8, 4) is 0 Å². The molecule has 0 aliphatic rings. The molecule has 10 heteroatoms. The van der Waals surface area contributed by atoms with Crippen LogP contribution in [0.3, 0.4) is 0 Å². The maximum Gasteiger partial charge on any atom is 0.229 e. The number of hydrogen-bond acceptors (Lipinski definition) is 10. The number of nitrogens with one attached hydrogen (secondary N) is 3. The van der Waals surface area contributed by atoms with Gasteiger partial charge in [0.15, 0.2) is 0 Å². The molecule has 3 aromatic rings. The van der Waals surface area contributed by atoms with Gasteiger partial charge < -0.3 is 25.8 Å². The lowest BCUT2D eigenvalue weighted by atomic mass is 10.3. The van der Waals surface area contributed by atoms with E-state index in [0.717, 1.165) is 22.8 Å². The van der Waals surface area contributed by atoms with E-state index in [1.54, 1.807) is 19.4 Å². The van der Waals surface area contributed by atoms with E-state index >= 15 is 0 Å². The van der Waals surface area contributed by atoms with Crippen LogP contribution < -0.4 is 25.8 Å². The van der Waals surface area contributed by atoms with Gasteiger partial charge in [0.1, 0.15) is 0 Å². The van der Waals surface area contributed by atoms with Crippen molar-refractivity contribution in [2.75, 3.05) is 61.0 Å². The monoisotopic (exact) mass is 408 g/mol. The van der Waals surface area contributed by atoms with Crippen molar-refractivity contribution in [3.05, 3.63) is 48.0 Å². The van der Waals surface area contributed by atoms with E-state index in [9.17, 15) is 0 Å². The minimum absolute atomic E-state index is 0.459. The SMILES string of the molecule is CNc1nc(NCc2ncccc2N(C)C)nc(NCc2ncccc2N(C)C)n1. The molecule has 0 unspecified atom stereocenters. The number of hydrogen-bond donors (Lipinski definition) is 3. The van der Waals surface area contributed by atoms with Crippen LogP contribution in [0.15, 0.2) is 36.7 Å². The van der Waals surface area contributed by atoms with Crippen LogP contribution in [0.1, 0.15) is 11.4 Å². The molecule has 0 aromatic carbocycles. The summed E-state index contributed by atoms with van der Waals surface area (Å²) >= 11 is 0. The predicted octanol–water partition coefficient (Wildman–Crippen LogP) is 2.06. The maximum atomic E-state index is 4.49. The van der Waals surface area contributed by atoms with Gasteiger partial charge in [-0.25, -0.2) is 0 Å². The van der Waals surface area contributed by atoms with Crippen LogP contribution in [-0.4, -0.2) is 60.2 Å². The number of pyridine rings is 2. The van der Waals surface area contributed by atoms with Gasteiger partial charge in [-0.05, 0) is 24.3 Å². The molecule has 0 aliphatic heterocycles. The van der Waals surface area contributed by atoms with Gasteiger partial charge in [0.2, 0.25) is 17.8 Å². The highest BCUT2D eigenvalue weighted by molar-refractivity contribution is 5.52. The Balaban J connectivity index is 1.75. The minimum atomic E-state index is 0.459. The van der Waals surface area contributed by atoms with Crippen molar-refractivity contribution in [1.82, 2.24) is 24.9 Å². The zero-order valence-electron chi connectivity index (χ0n) is 18.0. The summed E-state index contributed by atoms with van der Waals surface area (Å²) < 4.78 is 0. The summed E-state index contributed by atoms with van der Waals surface area (Å²) in [7, 11) is 9.73. The third-order valence-corrected chi connectivity index (χ3v) is 4.38. The van der Waals surface area contributed by atoms with E-state index in [2.05, 4.69) is 40.9 Å². The lowest BCUT2D eigenvalue weighted by Crippen LogP contribution is -2.16. The summed E-state index contributed by atoms with van der Waals surface area (Å²) in [6.45, 7) is 0.984. The third-order valence-electron chi connectivity index (χ3n) is 4.38. The molecule has 0 atom stereocenters. The average Bonchev–Trinajstić information content (AvgIpc) is 2.76. The Labute approximate surface area is 176 Å². The number of nitrogens with zero attached hydrogens (tertiary/aromatic N) is 7. The molecule has 10 nitrogen and oxygen atoms in total. The highest BCUT2D eigenvalue weighted by Crippen LogP contribution is 2.19. The first-order chi connectivity index (χ1) is 14.5.